The number of hydrogen-bond donors (Lipinski definition) is 1. The summed E-state index contributed by atoms with van der Waals surface area (Å²) in [4.78, 5) is 13.5. The van der Waals surface area contributed by atoms with Gasteiger partial charge < -0.3 is 9.84 Å². The minimum absolute atomic E-state index is 0.0531. The van der Waals surface area contributed by atoms with Crippen LogP contribution in [0.1, 0.15) is 24.7 Å². The number of carbonyl (C=O) groups is 1. The summed E-state index contributed by atoms with van der Waals surface area (Å²) in [6.45, 7) is 6.45. The van der Waals surface area contributed by atoms with Crippen molar-refractivity contribution in [2.45, 2.75) is 32.9 Å². The monoisotopic (exact) mass is 281 g/mol. The maximum absolute atomic E-state index is 11.3. The summed E-state index contributed by atoms with van der Waals surface area (Å²) >= 11 is 0. The molecule has 20 heavy (non-hydrogen) atoms. The fourth-order valence-corrected chi connectivity index (χ4v) is 2.81. The van der Waals surface area contributed by atoms with Crippen molar-refractivity contribution in [1.82, 2.24) is 14.7 Å². The first kappa shape index (κ1) is 15.0. The summed E-state index contributed by atoms with van der Waals surface area (Å²) in [6.07, 6.45) is 0.986. The van der Waals surface area contributed by atoms with Crippen LogP contribution in [-0.2, 0) is 23.1 Å². The number of nitrogens with zero attached hydrogens (tertiary/aromatic N) is 3. The maximum Gasteiger partial charge on any atom is 0.310 e. The van der Waals surface area contributed by atoms with Crippen molar-refractivity contribution >= 4 is 5.97 Å². The maximum atomic E-state index is 11.3. The van der Waals surface area contributed by atoms with Crippen LogP contribution in [0.25, 0.3) is 0 Å². The lowest BCUT2D eigenvalue weighted by atomic mass is 10.0. The fraction of sp³-hybridized carbons (Fsp3) is 0.714. The molecule has 0 radical (unpaired) electrons. The van der Waals surface area contributed by atoms with Gasteiger partial charge in [-0.2, -0.15) is 5.10 Å². The van der Waals surface area contributed by atoms with Crippen molar-refractivity contribution in [3.63, 3.8) is 0 Å². The van der Waals surface area contributed by atoms with Gasteiger partial charge in [-0.25, -0.2) is 0 Å². The molecule has 2 heterocycles. The van der Waals surface area contributed by atoms with Crippen molar-refractivity contribution in [1.29, 1.82) is 0 Å². The Bertz CT molecular complexity index is 472. The number of aliphatic carboxylic acids is 1. The topological polar surface area (TPSA) is 67.6 Å². The minimum Gasteiger partial charge on any atom is -0.481 e. The van der Waals surface area contributed by atoms with E-state index in [4.69, 9.17) is 4.74 Å². The van der Waals surface area contributed by atoms with E-state index < -0.39 is 11.9 Å². The van der Waals surface area contributed by atoms with Gasteiger partial charge in [0.15, 0.2) is 0 Å². The number of aromatic nitrogens is 2. The van der Waals surface area contributed by atoms with Gasteiger partial charge in [-0.15, -0.1) is 0 Å². The van der Waals surface area contributed by atoms with Gasteiger partial charge in [-0.3, -0.25) is 14.4 Å². The molecule has 2 unspecified atom stereocenters. The molecule has 1 aliphatic heterocycles. The zero-order valence-corrected chi connectivity index (χ0v) is 12.4. The van der Waals surface area contributed by atoms with Gasteiger partial charge >= 0.3 is 5.97 Å². The first-order valence-electron chi connectivity index (χ1n) is 7.07. The van der Waals surface area contributed by atoms with Gasteiger partial charge in [0.2, 0.25) is 0 Å². The fourth-order valence-electron chi connectivity index (χ4n) is 2.81. The Morgan fingerprint density at radius 3 is 2.90 bits per heavy atom. The molecule has 1 saturated heterocycles. The number of ether oxygens (including phenoxy) is 1. The highest BCUT2D eigenvalue weighted by atomic mass is 16.5. The third-order valence-electron chi connectivity index (χ3n) is 3.81. The molecule has 112 valence electrons. The van der Waals surface area contributed by atoms with Crippen LogP contribution < -0.4 is 0 Å². The molecule has 0 aliphatic carbocycles. The van der Waals surface area contributed by atoms with E-state index >= 15 is 0 Å². The second kappa shape index (κ2) is 6.37. The van der Waals surface area contributed by atoms with Gasteiger partial charge in [0, 0.05) is 19.6 Å². The predicted octanol–water partition coefficient (Wildman–Crippen LogP) is 1.04. The lowest BCUT2D eigenvalue weighted by Gasteiger charge is -2.29. The standard InChI is InChI=1S/C14H23N3O3/c1-4-5-17(7-11-6-10(2)15-16(11)3)13-9-20-8-12(13)14(18)19/h6,12-13H,4-5,7-9H2,1-3H3,(H,18,19). The van der Waals surface area contributed by atoms with Crippen LogP contribution in [0.2, 0.25) is 0 Å². The van der Waals surface area contributed by atoms with Gasteiger partial charge in [0.1, 0.15) is 0 Å². The normalized spacial score (nSPS) is 22.6. The van der Waals surface area contributed by atoms with E-state index in [1.807, 2.05) is 24.7 Å². The van der Waals surface area contributed by atoms with Crippen molar-refractivity contribution in [3.8, 4) is 0 Å². The molecule has 1 aromatic rings. The molecule has 0 saturated carbocycles. The second-order valence-corrected chi connectivity index (χ2v) is 5.42. The van der Waals surface area contributed by atoms with E-state index in [-0.39, 0.29) is 6.04 Å². The van der Waals surface area contributed by atoms with E-state index in [1.165, 1.54) is 0 Å². The molecule has 2 rings (SSSR count). The molecule has 2 atom stereocenters. The first-order valence-corrected chi connectivity index (χ1v) is 7.07. The number of rotatable bonds is 6. The van der Waals surface area contributed by atoms with Crippen molar-refractivity contribution in [2.24, 2.45) is 13.0 Å². The smallest absolute Gasteiger partial charge is 0.310 e. The third kappa shape index (κ3) is 3.19. The molecule has 1 fully saturated rings. The predicted molar refractivity (Wildman–Crippen MR) is 74.4 cm³/mol. The molecule has 6 nitrogen and oxygen atoms in total. The molecule has 1 N–H and O–H groups in total. The van der Waals surface area contributed by atoms with Crippen LogP contribution in [0.3, 0.4) is 0 Å². The van der Waals surface area contributed by atoms with E-state index in [1.54, 1.807) is 0 Å². The number of hydrogen-bond acceptors (Lipinski definition) is 4. The SMILES string of the molecule is CCCN(Cc1cc(C)nn1C)C1COCC1C(=O)O. The summed E-state index contributed by atoms with van der Waals surface area (Å²) < 4.78 is 7.25. The molecule has 0 bridgehead atoms. The Labute approximate surface area is 119 Å². The molecule has 1 aromatic heterocycles. The largest absolute Gasteiger partial charge is 0.481 e. The highest BCUT2D eigenvalue weighted by Crippen LogP contribution is 2.22. The van der Waals surface area contributed by atoms with Crippen LogP contribution >= 0.6 is 0 Å². The highest BCUT2D eigenvalue weighted by Gasteiger charge is 2.37. The van der Waals surface area contributed by atoms with Crippen molar-refractivity contribution in [2.75, 3.05) is 19.8 Å². The van der Waals surface area contributed by atoms with Crippen LogP contribution in [0.5, 0.6) is 0 Å². The number of carboxylic acid groups (broad SMARTS) is 1. The Morgan fingerprint density at radius 1 is 1.60 bits per heavy atom. The Hall–Kier alpha value is -1.40. The molecule has 0 amide bonds. The van der Waals surface area contributed by atoms with Crippen molar-refractivity contribution in [3.05, 3.63) is 17.5 Å². The Kier molecular flexibility index (Phi) is 4.77. The number of carboxylic acids is 1. The third-order valence-corrected chi connectivity index (χ3v) is 3.81. The Morgan fingerprint density at radius 2 is 2.35 bits per heavy atom. The average molecular weight is 281 g/mol. The van der Waals surface area contributed by atoms with Gasteiger partial charge in [0.25, 0.3) is 0 Å². The zero-order chi connectivity index (χ0) is 14.7. The molecular weight excluding hydrogens is 258 g/mol. The molecule has 6 heteroatoms. The summed E-state index contributed by atoms with van der Waals surface area (Å²) in [6, 6.07) is 2.00. The van der Waals surface area contributed by atoms with E-state index in [0.717, 1.165) is 24.4 Å². The van der Waals surface area contributed by atoms with Crippen molar-refractivity contribution < 1.29 is 14.6 Å². The van der Waals surface area contributed by atoms with Crippen LogP contribution in [-0.4, -0.2) is 51.6 Å². The first-order chi connectivity index (χ1) is 9.52. The zero-order valence-electron chi connectivity index (χ0n) is 12.4. The highest BCUT2D eigenvalue weighted by molar-refractivity contribution is 5.71. The summed E-state index contributed by atoms with van der Waals surface area (Å²) in [5.74, 6) is -1.20. The summed E-state index contributed by atoms with van der Waals surface area (Å²) in [5.41, 5.74) is 2.09. The molecule has 0 spiro atoms. The van der Waals surface area contributed by atoms with Gasteiger partial charge in [-0.05, 0) is 26.0 Å². The average Bonchev–Trinajstić information content (AvgIpc) is 2.96. The van der Waals surface area contributed by atoms with Crippen LogP contribution in [0, 0.1) is 12.8 Å². The second-order valence-electron chi connectivity index (χ2n) is 5.42. The quantitative estimate of drug-likeness (QED) is 0.844. The van der Waals surface area contributed by atoms with E-state index in [9.17, 15) is 9.90 Å². The van der Waals surface area contributed by atoms with Gasteiger partial charge in [-0.1, -0.05) is 6.92 Å². The lowest BCUT2D eigenvalue weighted by molar-refractivity contribution is -0.143. The Balaban J connectivity index is 2.14. The van der Waals surface area contributed by atoms with Crippen LogP contribution in [0.15, 0.2) is 6.07 Å². The summed E-state index contributed by atoms with van der Waals surface area (Å²) in [7, 11) is 1.92. The van der Waals surface area contributed by atoms with Gasteiger partial charge in [0.05, 0.1) is 30.5 Å². The van der Waals surface area contributed by atoms with Crippen LogP contribution in [0.4, 0.5) is 0 Å². The lowest BCUT2D eigenvalue weighted by Crippen LogP contribution is -2.43. The molecule has 1 aliphatic rings. The van der Waals surface area contributed by atoms with E-state index in [2.05, 4.69) is 16.9 Å². The molecular formula is C14H23N3O3. The number of aryl methyl sites for hydroxylation is 2. The molecule has 0 aromatic carbocycles. The minimum atomic E-state index is -0.769. The van der Waals surface area contributed by atoms with E-state index in [0.29, 0.717) is 19.8 Å². The summed E-state index contributed by atoms with van der Waals surface area (Å²) in [5, 5.41) is 13.6.